The molecular formula is C7H14O3. The fourth-order valence-electron chi connectivity index (χ4n) is 0.672. The van der Waals surface area contributed by atoms with Gasteiger partial charge in [0.15, 0.2) is 0 Å². The number of ether oxygens (including phenoxy) is 1. The lowest BCUT2D eigenvalue weighted by molar-refractivity contribution is -0.150. The third-order valence-electron chi connectivity index (χ3n) is 1.31. The summed E-state index contributed by atoms with van der Waals surface area (Å²) in [7, 11) is 0. The van der Waals surface area contributed by atoms with E-state index in [1.807, 2.05) is 6.92 Å². The van der Waals surface area contributed by atoms with E-state index in [2.05, 4.69) is 0 Å². The zero-order valence-electron chi connectivity index (χ0n) is 6.63. The highest BCUT2D eigenvalue weighted by Gasteiger charge is 2.13. The Labute approximate surface area is 61.0 Å². The molecule has 10 heavy (non-hydrogen) atoms. The monoisotopic (exact) mass is 146 g/mol. The number of carbonyl (C=O) groups excluding carboxylic acids is 1. The number of aliphatic hydroxyl groups excluding tert-OH is 1. The molecule has 60 valence electrons. The maximum atomic E-state index is 10.3. The molecule has 0 rings (SSSR count). The van der Waals surface area contributed by atoms with Gasteiger partial charge in [0, 0.05) is 6.92 Å². The Kier molecular flexibility index (Phi) is 4.03. The molecule has 1 N–H and O–H groups in total. The summed E-state index contributed by atoms with van der Waals surface area (Å²) >= 11 is 0. The van der Waals surface area contributed by atoms with Crippen LogP contribution in [0, 0.1) is 0 Å². The number of rotatable bonds is 3. The number of hydrogen-bond acceptors (Lipinski definition) is 3. The van der Waals surface area contributed by atoms with Crippen LogP contribution in [0.5, 0.6) is 0 Å². The first-order chi connectivity index (χ1) is 4.57. The summed E-state index contributed by atoms with van der Waals surface area (Å²) in [4.78, 5) is 10.3. The van der Waals surface area contributed by atoms with E-state index in [1.165, 1.54) is 6.92 Å². The number of carbonyl (C=O) groups is 1. The van der Waals surface area contributed by atoms with Gasteiger partial charge in [-0.2, -0.15) is 0 Å². The van der Waals surface area contributed by atoms with Gasteiger partial charge in [0.25, 0.3) is 0 Å². The molecule has 0 aromatic carbocycles. The largest absolute Gasteiger partial charge is 0.460 e. The van der Waals surface area contributed by atoms with Gasteiger partial charge in [-0.15, -0.1) is 0 Å². The molecule has 2 atom stereocenters. The Morgan fingerprint density at radius 2 is 2.20 bits per heavy atom. The van der Waals surface area contributed by atoms with E-state index in [4.69, 9.17) is 9.84 Å². The molecule has 0 heterocycles. The van der Waals surface area contributed by atoms with Crippen LogP contribution in [0.3, 0.4) is 0 Å². The Balaban J connectivity index is 3.61. The molecule has 0 amide bonds. The molecule has 0 aliphatic heterocycles. The first-order valence-corrected chi connectivity index (χ1v) is 3.43. The third kappa shape index (κ3) is 3.45. The van der Waals surface area contributed by atoms with Gasteiger partial charge in [-0.1, -0.05) is 6.92 Å². The van der Waals surface area contributed by atoms with Gasteiger partial charge in [-0.3, -0.25) is 4.79 Å². The highest BCUT2D eigenvalue weighted by atomic mass is 16.6. The molecule has 0 bridgehead atoms. The first kappa shape index (κ1) is 9.43. The van der Waals surface area contributed by atoms with Crippen molar-refractivity contribution in [3.8, 4) is 0 Å². The molecule has 0 spiro atoms. The molecule has 3 nitrogen and oxygen atoms in total. The van der Waals surface area contributed by atoms with Crippen LogP contribution in [-0.4, -0.2) is 23.3 Å². The van der Waals surface area contributed by atoms with Gasteiger partial charge in [0.2, 0.25) is 0 Å². The van der Waals surface area contributed by atoms with Gasteiger partial charge in [-0.25, -0.2) is 0 Å². The molecule has 0 saturated heterocycles. The Bertz CT molecular complexity index is 111. The van der Waals surface area contributed by atoms with Gasteiger partial charge >= 0.3 is 5.97 Å². The molecule has 0 aromatic rings. The first-order valence-electron chi connectivity index (χ1n) is 3.43. The summed E-state index contributed by atoms with van der Waals surface area (Å²) in [5.41, 5.74) is 0. The normalized spacial score (nSPS) is 16.0. The van der Waals surface area contributed by atoms with Crippen molar-refractivity contribution in [3.63, 3.8) is 0 Å². The standard InChI is InChI=1S/C7H14O3/c1-4-7(9)5(2)10-6(3)8/h5,7,9H,4H2,1-3H3/t5-,7-/m0/s1. The molecule has 0 fully saturated rings. The SMILES string of the molecule is CC[C@H](O)[C@H](C)OC(C)=O. The fraction of sp³-hybridized carbons (Fsp3) is 0.857. The van der Waals surface area contributed by atoms with Crippen molar-refractivity contribution in [2.75, 3.05) is 0 Å². The molecule has 0 aromatic heterocycles. The minimum absolute atomic E-state index is 0.347. The molecule has 0 unspecified atom stereocenters. The summed E-state index contributed by atoms with van der Waals surface area (Å²) in [5, 5.41) is 9.10. The predicted octanol–water partition coefficient (Wildman–Crippen LogP) is 0.709. The van der Waals surface area contributed by atoms with Crippen molar-refractivity contribution < 1.29 is 14.6 Å². The van der Waals surface area contributed by atoms with Crippen LogP contribution >= 0.6 is 0 Å². The lowest BCUT2D eigenvalue weighted by Gasteiger charge is -2.16. The average molecular weight is 146 g/mol. The predicted molar refractivity (Wildman–Crippen MR) is 37.5 cm³/mol. The molecule has 3 heteroatoms. The lowest BCUT2D eigenvalue weighted by atomic mass is 10.2. The van der Waals surface area contributed by atoms with Crippen LogP contribution in [0.1, 0.15) is 27.2 Å². The van der Waals surface area contributed by atoms with Gasteiger partial charge in [0.1, 0.15) is 6.10 Å². The second kappa shape index (κ2) is 4.28. The van der Waals surface area contributed by atoms with Crippen LogP contribution in [0.2, 0.25) is 0 Å². The van der Waals surface area contributed by atoms with Crippen molar-refractivity contribution in [2.45, 2.75) is 39.4 Å². The zero-order valence-corrected chi connectivity index (χ0v) is 6.63. The van der Waals surface area contributed by atoms with Gasteiger partial charge < -0.3 is 9.84 Å². The Morgan fingerprint density at radius 1 is 1.70 bits per heavy atom. The molecule has 0 saturated carbocycles. The highest BCUT2D eigenvalue weighted by molar-refractivity contribution is 5.66. The maximum absolute atomic E-state index is 10.3. The lowest BCUT2D eigenvalue weighted by Crippen LogP contribution is -2.26. The van der Waals surface area contributed by atoms with Crippen molar-refractivity contribution in [1.29, 1.82) is 0 Å². The van der Waals surface area contributed by atoms with E-state index in [9.17, 15) is 4.79 Å². The van der Waals surface area contributed by atoms with E-state index in [0.717, 1.165) is 0 Å². The topological polar surface area (TPSA) is 46.5 Å². The van der Waals surface area contributed by atoms with Gasteiger partial charge in [-0.05, 0) is 13.3 Å². The second-order valence-corrected chi connectivity index (χ2v) is 2.29. The number of esters is 1. The van der Waals surface area contributed by atoms with E-state index < -0.39 is 6.10 Å². The van der Waals surface area contributed by atoms with Crippen molar-refractivity contribution in [2.24, 2.45) is 0 Å². The van der Waals surface area contributed by atoms with Crippen LogP contribution < -0.4 is 0 Å². The molecule has 0 radical (unpaired) electrons. The Morgan fingerprint density at radius 3 is 2.50 bits per heavy atom. The van der Waals surface area contributed by atoms with E-state index in [1.54, 1.807) is 6.92 Å². The summed E-state index contributed by atoms with van der Waals surface area (Å²) in [6, 6.07) is 0. The molecule has 0 aliphatic rings. The quantitative estimate of drug-likeness (QED) is 0.596. The van der Waals surface area contributed by atoms with Crippen molar-refractivity contribution >= 4 is 5.97 Å². The highest BCUT2D eigenvalue weighted by Crippen LogP contribution is 2.01. The maximum Gasteiger partial charge on any atom is 0.302 e. The zero-order chi connectivity index (χ0) is 8.15. The van der Waals surface area contributed by atoms with Crippen LogP contribution in [-0.2, 0) is 9.53 Å². The average Bonchev–Trinajstić information content (AvgIpc) is 1.85. The summed E-state index contributed by atoms with van der Waals surface area (Å²) < 4.78 is 4.71. The smallest absolute Gasteiger partial charge is 0.302 e. The van der Waals surface area contributed by atoms with E-state index in [-0.39, 0.29) is 12.1 Å². The van der Waals surface area contributed by atoms with Crippen LogP contribution in [0.4, 0.5) is 0 Å². The third-order valence-corrected chi connectivity index (χ3v) is 1.31. The summed E-state index contributed by atoms with van der Waals surface area (Å²) in [5.74, 6) is -0.347. The summed E-state index contributed by atoms with van der Waals surface area (Å²) in [6.45, 7) is 4.85. The van der Waals surface area contributed by atoms with Crippen molar-refractivity contribution in [1.82, 2.24) is 0 Å². The minimum atomic E-state index is -0.538. The summed E-state index contributed by atoms with van der Waals surface area (Å²) in [6.07, 6.45) is -0.319. The molecule has 0 aliphatic carbocycles. The van der Waals surface area contributed by atoms with Crippen LogP contribution in [0.15, 0.2) is 0 Å². The van der Waals surface area contributed by atoms with E-state index in [0.29, 0.717) is 6.42 Å². The molecular weight excluding hydrogens is 132 g/mol. The van der Waals surface area contributed by atoms with E-state index >= 15 is 0 Å². The van der Waals surface area contributed by atoms with Crippen LogP contribution in [0.25, 0.3) is 0 Å². The minimum Gasteiger partial charge on any atom is -0.460 e. The Hall–Kier alpha value is -0.570. The second-order valence-electron chi connectivity index (χ2n) is 2.29. The fourth-order valence-corrected chi connectivity index (χ4v) is 0.672. The van der Waals surface area contributed by atoms with Gasteiger partial charge in [0.05, 0.1) is 6.10 Å². The van der Waals surface area contributed by atoms with Crippen molar-refractivity contribution in [3.05, 3.63) is 0 Å². The number of hydrogen-bond donors (Lipinski definition) is 1. The number of aliphatic hydroxyl groups is 1.